The number of rotatable bonds is 7. The van der Waals surface area contributed by atoms with Crippen molar-refractivity contribution in [3.63, 3.8) is 0 Å². The molecule has 1 fully saturated rings. The molecule has 0 saturated carbocycles. The van der Waals surface area contributed by atoms with Crippen molar-refractivity contribution in [2.45, 2.75) is 25.7 Å². The second-order valence-electron chi connectivity index (χ2n) is 9.81. The molecule has 2 aromatic carbocycles. The zero-order chi connectivity index (χ0) is 26.1. The van der Waals surface area contributed by atoms with Gasteiger partial charge in [0.15, 0.2) is 5.65 Å². The minimum Gasteiger partial charge on any atom is -0.477 e. The van der Waals surface area contributed by atoms with Gasteiger partial charge in [0.05, 0.1) is 18.6 Å². The third-order valence-corrected chi connectivity index (χ3v) is 7.37. The minimum atomic E-state index is -1.28. The lowest BCUT2D eigenvalue weighted by atomic mass is 10.1. The summed E-state index contributed by atoms with van der Waals surface area (Å²) >= 11 is 0. The number of pyridine rings is 1. The molecule has 0 amide bonds. The number of nitrogens with zero attached hydrogens (tertiary/aromatic N) is 4. The van der Waals surface area contributed by atoms with E-state index in [1.807, 2.05) is 18.2 Å². The van der Waals surface area contributed by atoms with E-state index in [4.69, 9.17) is 4.74 Å². The molecule has 0 bridgehead atoms. The van der Waals surface area contributed by atoms with Gasteiger partial charge in [-0.15, -0.1) is 0 Å². The van der Waals surface area contributed by atoms with Crippen LogP contribution in [-0.2, 0) is 24.0 Å². The fourth-order valence-electron chi connectivity index (χ4n) is 5.22. The summed E-state index contributed by atoms with van der Waals surface area (Å²) in [4.78, 5) is 36.1. The van der Waals surface area contributed by atoms with Crippen molar-refractivity contribution in [2.24, 2.45) is 0 Å². The number of aromatic carboxylic acids is 1. The fourth-order valence-corrected chi connectivity index (χ4v) is 5.22. The highest BCUT2D eigenvalue weighted by Gasteiger charge is 2.19. The summed E-state index contributed by atoms with van der Waals surface area (Å²) in [7, 11) is 0. The van der Waals surface area contributed by atoms with Crippen molar-refractivity contribution in [1.29, 1.82) is 0 Å². The van der Waals surface area contributed by atoms with Crippen LogP contribution in [0.5, 0.6) is 0 Å². The molecule has 9 heteroatoms. The molecular formula is C29H29N5O4. The predicted molar refractivity (Wildman–Crippen MR) is 145 cm³/mol. The standard InChI is InChI=1S/C29H29N5O4/c35-26-24-17-30-29(31-22-7-4-19(5-8-22)10-11-33-12-14-38-15-13-33)32-27(24)34(18-25(26)28(36)37)23-9-6-20-2-1-3-21(20)16-23/h4-9,16-18H,1-3,10-15H2,(H,36,37)(H,30,31,32). The molecule has 194 valence electrons. The number of hydrogen-bond acceptors (Lipinski definition) is 7. The Labute approximate surface area is 219 Å². The summed E-state index contributed by atoms with van der Waals surface area (Å²) in [6, 6.07) is 14.2. The fraction of sp³-hybridized carbons (Fsp3) is 0.310. The van der Waals surface area contributed by atoms with Crippen molar-refractivity contribution in [1.82, 2.24) is 19.4 Å². The Morgan fingerprint density at radius 2 is 1.84 bits per heavy atom. The van der Waals surface area contributed by atoms with E-state index >= 15 is 0 Å². The van der Waals surface area contributed by atoms with E-state index < -0.39 is 11.4 Å². The predicted octanol–water partition coefficient (Wildman–Crippen LogP) is 3.59. The first-order valence-corrected chi connectivity index (χ1v) is 13.0. The molecule has 6 rings (SSSR count). The van der Waals surface area contributed by atoms with Crippen molar-refractivity contribution in [3.05, 3.63) is 87.3 Å². The Balaban J connectivity index is 1.29. The van der Waals surface area contributed by atoms with Crippen LogP contribution in [0.4, 0.5) is 11.6 Å². The molecule has 0 atom stereocenters. The van der Waals surface area contributed by atoms with Crippen LogP contribution >= 0.6 is 0 Å². The maximum absolute atomic E-state index is 12.9. The Morgan fingerprint density at radius 3 is 2.63 bits per heavy atom. The SMILES string of the molecule is O=C(O)c1cn(-c2ccc3c(c2)CCC3)c2nc(Nc3ccc(CCN4CCOCC4)cc3)ncc2c1=O. The Morgan fingerprint density at radius 1 is 1.05 bits per heavy atom. The highest BCUT2D eigenvalue weighted by molar-refractivity contribution is 5.92. The summed E-state index contributed by atoms with van der Waals surface area (Å²) in [6.07, 6.45) is 6.86. The number of hydrogen-bond donors (Lipinski definition) is 2. The number of carboxylic acids is 1. The topological polar surface area (TPSA) is 110 Å². The first kappa shape index (κ1) is 24.3. The molecule has 9 nitrogen and oxygen atoms in total. The largest absolute Gasteiger partial charge is 0.477 e. The summed E-state index contributed by atoms with van der Waals surface area (Å²) in [5, 5.41) is 13.0. The van der Waals surface area contributed by atoms with Crippen LogP contribution in [0.3, 0.4) is 0 Å². The van der Waals surface area contributed by atoms with E-state index in [9.17, 15) is 14.7 Å². The number of benzene rings is 2. The number of fused-ring (bicyclic) bond motifs is 2. The summed E-state index contributed by atoms with van der Waals surface area (Å²) in [5.74, 6) is -0.946. The molecule has 2 aliphatic rings. The monoisotopic (exact) mass is 511 g/mol. The van der Waals surface area contributed by atoms with Gasteiger partial charge >= 0.3 is 5.97 Å². The molecule has 2 aromatic heterocycles. The molecule has 0 radical (unpaired) electrons. The molecule has 2 N–H and O–H groups in total. The highest BCUT2D eigenvalue weighted by atomic mass is 16.5. The number of nitrogens with one attached hydrogen (secondary N) is 1. The second kappa shape index (κ2) is 10.4. The van der Waals surface area contributed by atoms with E-state index in [2.05, 4.69) is 44.5 Å². The molecule has 1 aliphatic heterocycles. The van der Waals surface area contributed by atoms with Crippen LogP contribution in [-0.4, -0.2) is 63.4 Å². The molecular weight excluding hydrogens is 482 g/mol. The number of anilines is 2. The lowest BCUT2D eigenvalue weighted by Crippen LogP contribution is -2.37. The van der Waals surface area contributed by atoms with Crippen LogP contribution in [0.15, 0.2) is 59.7 Å². The maximum Gasteiger partial charge on any atom is 0.341 e. The van der Waals surface area contributed by atoms with Gasteiger partial charge in [-0.25, -0.2) is 9.78 Å². The van der Waals surface area contributed by atoms with Crippen LogP contribution in [0.1, 0.15) is 33.5 Å². The van der Waals surface area contributed by atoms with Gasteiger partial charge in [0.2, 0.25) is 11.4 Å². The summed E-state index contributed by atoms with van der Waals surface area (Å²) in [5.41, 5.74) is 4.84. The van der Waals surface area contributed by atoms with Gasteiger partial charge in [0.1, 0.15) is 5.56 Å². The van der Waals surface area contributed by atoms with Crippen LogP contribution in [0, 0.1) is 0 Å². The zero-order valence-corrected chi connectivity index (χ0v) is 21.0. The van der Waals surface area contributed by atoms with E-state index in [1.165, 1.54) is 29.1 Å². The van der Waals surface area contributed by atoms with Crippen molar-refractivity contribution < 1.29 is 14.6 Å². The quantitative estimate of drug-likeness (QED) is 0.388. The van der Waals surface area contributed by atoms with E-state index in [0.717, 1.165) is 69.9 Å². The van der Waals surface area contributed by atoms with E-state index in [-0.39, 0.29) is 10.9 Å². The minimum absolute atomic E-state index is 0.161. The molecule has 38 heavy (non-hydrogen) atoms. The van der Waals surface area contributed by atoms with Gasteiger partial charge in [0.25, 0.3) is 0 Å². The highest BCUT2D eigenvalue weighted by Crippen LogP contribution is 2.26. The third kappa shape index (κ3) is 4.90. The van der Waals surface area contributed by atoms with Crippen molar-refractivity contribution in [2.75, 3.05) is 38.2 Å². The number of carbonyl (C=O) groups is 1. The molecule has 3 heterocycles. The summed E-state index contributed by atoms with van der Waals surface area (Å²) in [6.45, 7) is 4.55. The van der Waals surface area contributed by atoms with Crippen molar-refractivity contribution in [3.8, 4) is 5.69 Å². The third-order valence-electron chi connectivity index (χ3n) is 7.37. The number of ether oxygens (including phenoxy) is 1. The van der Waals surface area contributed by atoms with Crippen LogP contribution in [0.2, 0.25) is 0 Å². The second-order valence-corrected chi connectivity index (χ2v) is 9.81. The van der Waals surface area contributed by atoms with Gasteiger partial charge in [-0.2, -0.15) is 4.98 Å². The van der Waals surface area contributed by atoms with Gasteiger partial charge in [-0.3, -0.25) is 9.69 Å². The van der Waals surface area contributed by atoms with Crippen LogP contribution in [0.25, 0.3) is 16.7 Å². The van der Waals surface area contributed by atoms with Gasteiger partial charge in [-0.05, 0) is 66.6 Å². The van der Waals surface area contributed by atoms with E-state index in [0.29, 0.717) is 11.6 Å². The van der Waals surface area contributed by atoms with Gasteiger partial charge in [-0.1, -0.05) is 18.2 Å². The smallest absolute Gasteiger partial charge is 0.341 e. The van der Waals surface area contributed by atoms with Crippen LogP contribution < -0.4 is 10.7 Å². The Bertz CT molecular complexity index is 1560. The zero-order valence-electron chi connectivity index (χ0n) is 21.0. The average Bonchev–Trinajstić information content (AvgIpc) is 3.41. The molecule has 1 aliphatic carbocycles. The number of aromatic nitrogens is 3. The maximum atomic E-state index is 12.9. The van der Waals surface area contributed by atoms with Gasteiger partial charge < -0.3 is 19.7 Å². The first-order chi connectivity index (χ1) is 18.5. The molecule has 1 saturated heterocycles. The van der Waals surface area contributed by atoms with Crippen molar-refractivity contribution >= 4 is 28.6 Å². The van der Waals surface area contributed by atoms with E-state index in [1.54, 1.807) is 4.57 Å². The molecule has 0 unspecified atom stereocenters. The summed E-state index contributed by atoms with van der Waals surface area (Å²) < 4.78 is 7.10. The lowest BCUT2D eigenvalue weighted by molar-refractivity contribution is 0.0384. The number of morpholine rings is 1. The Kier molecular flexibility index (Phi) is 6.61. The average molecular weight is 512 g/mol. The van der Waals surface area contributed by atoms with Gasteiger partial charge in [0, 0.05) is 43.4 Å². The molecule has 0 spiro atoms. The number of carboxylic acid groups (broad SMARTS) is 1. The lowest BCUT2D eigenvalue weighted by Gasteiger charge is -2.26. The number of aryl methyl sites for hydroxylation is 2. The Hall–Kier alpha value is -4.08. The first-order valence-electron chi connectivity index (χ1n) is 13.0. The molecule has 4 aromatic rings. The normalized spacial score (nSPS) is 15.5.